The highest BCUT2D eigenvalue weighted by Gasteiger charge is 2.39. The molecule has 312 valence electrons. The molecule has 0 radical (unpaired) electrons. The predicted octanol–water partition coefficient (Wildman–Crippen LogP) is 8.23. The maximum Gasteiger partial charge on any atom is 0.326 e. The summed E-state index contributed by atoms with van der Waals surface area (Å²) in [7, 11) is 0. The van der Waals surface area contributed by atoms with E-state index < -0.39 is 41.8 Å². The molecule has 14 heteroatoms. The Morgan fingerprint density at radius 1 is 0.984 bits per heavy atom. The number of aryl methyl sites for hydroxylation is 3. The number of halogens is 2. The standard InChI is InChI=1S/C47H42ClFN4O8/c1-25-26(2)50-17-16-35(25)30-10-8-29(9-11-30)18-39(47(56)57)52-45(54)40-19-32-20-41-42(21-33(32)22-53(40)46(55)44-27(3)60-28(4)51-44)61-43(24-59-41)31-12-14-34(15-13-31)58-23-36-37(48)6-5-7-38(36)49/h5-17,20-21,39-40,43H,18-19,22-24H2,1-4H3,(H,52,54)(H,56,57)/t39?,40-,43+/m0/s1. The van der Waals surface area contributed by atoms with Crippen LogP contribution in [0.4, 0.5) is 4.39 Å². The molecule has 0 fully saturated rings. The number of aromatic nitrogens is 2. The molecule has 2 N–H and O–H groups in total. The summed E-state index contributed by atoms with van der Waals surface area (Å²) in [5.41, 5.74) is 7.31. The van der Waals surface area contributed by atoms with Gasteiger partial charge in [-0.2, -0.15) is 0 Å². The van der Waals surface area contributed by atoms with Gasteiger partial charge in [0.15, 0.2) is 29.2 Å². The number of aliphatic carboxylic acids is 1. The van der Waals surface area contributed by atoms with Gasteiger partial charge in [0.25, 0.3) is 5.91 Å². The van der Waals surface area contributed by atoms with Crippen LogP contribution < -0.4 is 19.5 Å². The molecule has 2 aliphatic heterocycles. The van der Waals surface area contributed by atoms with Crippen LogP contribution >= 0.6 is 11.6 Å². The minimum Gasteiger partial charge on any atom is -0.489 e. The Morgan fingerprint density at radius 2 is 1.74 bits per heavy atom. The van der Waals surface area contributed by atoms with Crippen molar-refractivity contribution < 1.29 is 42.5 Å². The number of ether oxygens (including phenoxy) is 3. The summed E-state index contributed by atoms with van der Waals surface area (Å²) in [6.07, 6.45) is 1.38. The number of carboxylic acid groups (broad SMARTS) is 1. The van der Waals surface area contributed by atoms with E-state index in [9.17, 15) is 23.9 Å². The van der Waals surface area contributed by atoms with E-state index in [1.165, 1.54) is 17.0 Å². The van der Waals surface area contributed by atoms with Crippen molar-refractivity contribution in [2.45, 2.75) is 71.9 Å². The van der Waals surface area contributed by atoms with Crippen molar-refractivity contribution in [1.29, 1.82) is 0 Å². The minimum atomic E-state index is -1.28. The van der Waals surface area contributed by atoms with E-state index >= 15 is 0 Å². The Balaban J connectivity index is 0.998. The Kier molecular flexibility index (Phi) is 11.5. The van der Waals surface area contributed by atoms with Gasteiger partial charge < -0.3 is 34.0 Å². The highest BCUT2D eigenvalue weighted by atomic mass is 35.5. The van der Waals surface area contributed by atoms with E-state index in [1.807, 2.05) is 62.4 Å². The zero-order chi connectivity index (χ0) is 42.9. The van der Waals surface area contributed by atoms with E-state index in [2.05, 4.69) is 15.3 Å². The number of nitrogens with zero attached hydrogens (tertiary/aromatic N) is 3. The first-order valence-corrected chi connectivity index (χ1v) is 20.1. The van der Waals surface area contributed by atoms with E-state index in [4.69, 9.17) is 30.2 Å². The fraction of sp³-hybridized carbons (Fsp3) is 0.255. The summed E-state index contributed by atoms with van der Waals surface area (Å²) < 4.78 is 38.2. The number of hydrogen-bond acceptors (Lipinski definition) is 9. The molecular formula is C47H42ClFN4O8. The first-order valence-electron chi connectivity index (χ1n) is 19.7. The molecular weight excluding hydrogens is 803 g/mol. The third-order valence-corrected chi connectivity index (χ3v) is 11.6. The Morgan fingerprint density at radius 3 is 2.44 bits per heavy atom. The lowest BCUT2D eigenvalue weighted by Crippen LogP contribution is -2.56. The van der Waals surface area contributed by atoms with Gasteiger partial charge in [-0.1, -0.05) is 54.1 Å². The first-order chi connectivity index (χ1) is 29.3. The lowest BCUT2D eigenvalue weighted by atomic mass is 9.91. The van der Waals surface area contributed by atoms with E-state index in [1.54, 1.807) is 44.3 Å². The molecule has 3 atom stereocenters. The number of carbonyl (C=O) groups is 3. The molecule has 2 aliphatic rings. The van der Waals surface area contributed by atoms with E-state index in [0.717, 1.165) is 39.1 Å². The Bertz CT molecular complexity index is 2630. The van der Waals surface area contributed by atoms with Gasteiger partial charge in [0.1, 0.15) is 42.6 Å². The summed E-state index contributed by atoms with van der Waals surface area (Å²) in [5, 5.41) is 13.3. The van der Waals surface area contributed by atoms with Crippen LogP contribution in [0.25, 0.3) is 11.1 Å². The molecule has 0 bridgehead atoms. The number of fused-ring (bicyclic) bond motifs is 2. The van der Waals surface area contributed by atoms with Crippen LogP contribution in [0.1, 0.15) is 67.3 Å². The molecule has 2 aromatic heterocycles. The van der Waals surface area contributed by atoms with Crippen LogP contribution in [0.3, 0.4) is 0 Å². The van der Waals surface area contributed by atoms with Crippen molar-refractivity contribution in [2.75, 3.05) is 6.61 Å². The molecule has 1 unspecified atom stereocenters. The molecule has 0 aliphatic carbocycles. The molecule has 0 spiro atoms. The third kappa shape index (κ3) is 8.64. The van der Waals surface area contributed by atoms with Gasteiger partial charge in [0.05, 0.1) is 5.02 Å². The van der Waals surface area contributed by atoms with Crippen LogP contribution in [0, 0.1) is 33.5 Å². The van der Waals surface area contributed by atoms with Crippen LogP contribution in [0.2, 0.25) is 5.02 Å². The zero-order valence-electron chi connectivity index (χ0n) is 33.8. The van der Waals surface area contributed by atoms with Gasteiger partial charge in [0, 0.05) is 43.8 Å². The average Bonchev–Trinajstić information content (AvgIpc) is 3.60. The van der Waals surface area contributed by atoms with Crippen molar-refractivity contribution in [3.8, 4) is 28.4 Å². The second kappa shape index (κ2) is 17.1. The van der Waals surface area contributed by atoms with Gasteiger partial charge in [-0.25, -0.2) is 14.2 Å². The zero-order valence-corrected chi connectivity index (χ0v) is 34.6. The molecule has 12 nitrogen and oxygen atoms in total. The van der Waals surface area contributed by atoms with Crippen molar-refractivity contribution >= 4 is 29.4 Å². The van der Waals surface area contributed by atoms with Crippen LogP contribution in [-0.4, -0.2) is 56.4 Å². The smallest absolute Gasteiger partial charge is 0.326 e. The quantitative estimate of drug-likeness (QED) is 0.130. The van der Waals surface area contributed by atoms with Crippen molar-refractivity contribution in [1.82, 2.24) is 20.2 Å². The third-order valence-electron chi connectivity index (χ3n) is 11.2. The summed E-state index contributed by atoms with van der Waals surface area (Å²) in [6, 6.07) is 22.4. The molecule has 0 saturated carbocycles. The highest BCUT2D eigenvalue weighted by Crippen LogP contribution is 2.41. The first kappa shape index (κ1) is 41.0. The molecule has 0 saturated heterocycles. The summed E-state index contributed by atoms with van der Waals surface area (Å²) in [6.45, 7) is 7.37. The number of carboxylic acids is 1. The van der Waals surface area contributed by atoms with Gasteiger partial charge in [-0.3, -0.25) is 14.6 Å². The van der Waals surface area contributed by atoms with Crippen LogP contribution in [0.15, 0.2) is 95.5 Å². The Labute approximate surface area is 356 Å². The summed E-state index contributed by atoms with van der Waals surface area (Å²) >= 11 is 6.15. The molecule has 4 aromatic carbocycles. The van der Waals surface area contributed by atoms with Crippen LogP contribution in [0.5, 0.6) is 17.2 Å². The molecule has 4 heterocycles. The monoisotopic (exact) mass is 844 g/mol. The summed E-state index contributed by atoms with van der Waals surface area (Å²) in [4.78, 5) is 51.1. The fourth-order valence-electron chi connectivity index (χ4n) is 7.71. The number of rotatable bonds is 11. The normalized spacial score (nSPS) is 16.1. The number of benzene rings is 4. The van der Waals surface area contributed by atoms with E-state index in [0.29, 0.717) is 34.5 Å². The number of oxazole rings is 1. The summed E-state index contributed by atoms with van der Waals surface area (Å²) in [5.74, 6) is -0.759. The van der Waals surface area contributed by atoms with Gasteiger partial charge in [-0.15, -0.1) is 0 Å². The molecule has 2 amide bonds. The molecule has 61 heavy (non-hydrogen) atoms. The number of pyridine rings is 1. The predicted molar refractivity (Wildman–Crippen MR) is 223 cm³/mol. The van der Waals surface area contributed by atoms with Gasteiger partial charge in [0.2, 0.25) is 5.91 Å². The number of carbonyl (C=O) groups excluding carboxylic acids is 2. The van der Waals surface area contributed by atoms with Crippen LogP contribution in [-0.2, 0) is 35.6 Å². The number of nitrogens with one attached hydrogen (secondary N) is 1. The minimum absolute atomic E-state index is 0.00403. The van der Waals surface area contributed by atoms with Crippen molar-refractivity contribution in [3.63, 3.8) is 0 Å². The Hall–Kier alpha value is -6.73. The molecule has 6 aromatic rings. The van der Waals surface area contributed by atoms with E-state index in [-0.39, 0.29) is 48.9 Å². The maximum absolute atomic E-state index is 14.2. The number of amides is 2. The van der Waals surface area contributed by atoms with Crippen molar-refractivity contribution in [2.24, 2.45) is 0 Å². The topological polar surface area (TPSA) is 153 Å². The van der Waals surface area contributed by atoms with Gasteiger partial charge in [-0.05, 0) is 102 Å². The van der Waals surface area contributed by atoms with Crippen molar-refractivity contribution in [3.05, 3.63) is 158 Å². The fourth-order valence-corrected chi connectivity index (χ4v) is 7.93. The number of hydrogen-bond donors (Lipinski definition) is 2. The second-order valence-corrected chi connectivity index (χ2v) is 15.6. The maximum atomic E-state index is 14.2. The largest absolute Gasteiger partial charge is 0.489 e. The average molecular weight is 845 g/mol. The highest BCUT2D eigenvalue weighted by molar-refractivity contribution is 6.31. The lowest BCUT2D eigenvalue weighted by Gasteiger charge is -2.37. The SMILES string of the molecule is Cc1nc(C(=O)N2Cc3cc4c(cc3C[C@H]2C(=O)NC(Cc2ccc(-c3ccnc(C)c3C)cc2)C(=O)O)OC[C@H](c2ccc(OCc3c(F)cccc3Cl)cc2)O4)c(C)o1. The lowest BCUT2D eigenvalue weighted by molar-refractivity contribution is -0.142. The molecule has 8 rings (SSSR count). The van der Waals surface area contributed by atoms with Gasteiger partial charge >= 0.3 is 5.97 Å². The second-order valence-electron chi connectivity index (χ2n) is 15.2.